The standard InChI is InChI=1S/C29H23N3O2S2/c1-19-9-5-6-12-23(19)27(33)30-21-15-17-22(18-16-21)35-26(20-10-3-2-4-11-20)28(34)32-29-31-24-13-7-8-14-25(24)36-29/h2-18,26H,1H3,(H,30,33)(H,31,32,34). The topological polar surface area (TPSA) is 71.1 Å². The summed E-state index contributed by atoms with van der Waals surface area (Å²) < 4.78 is 1.03. The zero-order chi connectivity index (χ0) is 24.9. The summed E-state index contributed by atoms with van der Waals surface area (Å²) in [6, 6.07) is 32.5. The first kappa shape index (κ1) is 23.8. The number of hydrogen-bond donors (Lipinski definition) is 2. The molecular formula is C29H23N3O2S2. The van der Waals surface area contributed by atoms with E-state index in [0.717, 1.165) is 26.2 Å². The number of carbonyl (C=O) groups excluding carboxylic acids is 2. The van der Waals surface area contributed by atoms with E-state index < -0.39 is 5.25 Å². The quantitative estimate of drug-likeness (QED) is 0.225. The molecule has 0 aliphatic heterocycles. The Labute approximate surface area is 217 Å². The van der Waals surface area contributed by atoms with E-state index in [4.69, 9.17) is 0 Å². The molecule has 0 radical (unpaired) electrons. The van der Waals surface area contributed by atoms with Crippen LogP contribution >= 0.6 is 23.1 Å². The average Bonchev–Trinajstić information content (AvgIpc) is 3.31. The number of amides is 2. The Bertz CT molecular complexity index is 1480. The number of para-hydroxylation sites is 1. The Hall–Kier alpha value is -3.94. The number of thiazole rings is 1. The lowest BCUT2D eigenvalue weighted by molar-refractivity contribution is -0.115. The highest BCUT2D eigenvalue weighted by Gasteiger charge is 2.23. The minimum Gasteiger partial charge on any atom is -0.322 e. The minimum absolute atomic E-state index is 0.137. The first-order chi connectivity index (χ1) is 17.6. The third-order valence-electron chi connectivity index (χ3n) is 5.62. The van der Waals surface area contributed by atoms with Crippen molar-refractivity contribution in [2.24, 2.45) is 0 Å². The van der Waals surface area contributed by atoms with Gasteiger partial charge >= 0.3 is 0 Å². The Balaban J connectivity index is 1.32. The van der Waals surface area contributed by atoms with Crippen LogP contribution in [0.15, 0.2) is 108 Å². The lowest BCUT2D eigenvalue weighted by atomic mass is 10.1. The van der Waals surface area contributed by atoms with Gasteiger partial charge in [0.15, 0.2) is 5.13 Å². The molecule has 0 bridgehead atoms. The zero-order valence-corrected chi connectivity index (χ0v) is 21.1. The smallest absolute Gasteiger partial charge is 0.255 e. The van der Waals surface area contributed by atoms with Gasteiger partial charge in [-0.3, -0.25) is 9.59 Å². The molecule has 5 nitrogen and oxygen atoms in total. The van der Waals surface area contributed by atoms with Crippen LogP contribution in [-0.4, -0.2) is 16.8 Å². The summed E-state index contributed by atoms with van der Waals surface area (Å²) in [5.41, 5.74) is 4.03. The van der Waals surface area contributed by atoms with Crippen molar-refractivity contribution in [1.29, 1.82) is 0 Å². The molecule has 0 aliphatic rings. The second-order valence-electron chi connectivity index (χ2n) is 8.18. The number of nitrogens with zero attached hydrogens (tertiary/aromatic N) is 1. The van der Waals surface area contributed by atoms with E-state index in [0.29, 0.717) is 16.4 Å². The third-order valence-corrected chi connectivity index (χ3v) is 7.84. The predicted molar refractivity (Wildman–Crippen MR) is 149 cm³/mol. The van der Waals surface area contributed by atoms with Crippen molar-refractivity contribution in [1.82, 2.24) is 4.98 Å². The zero-order valence-electron chi connectivity index (χ0n) is 19.5. The molecule has 2 N–H and O–H groups in total. The molecule has 0 saturated heterocycles. The molecule has 5 rings (SSSR count). The van der Waals surface area contributed by atoms with E-state index in [1.807, 2.05) is 110 Å². The highest BCUT2D eigenvalue weighted by Crippen LogP contribution is 2.37. The van der Waals surface area contributed by atoms with Crippen molar-refractivity contribution in [3.05, 3.63) is 120 Å². The van der Waals surface area contributed by atoms with Gasteiger partial charge in [0, 0.05) is 16.1 Å². The first-order valence-corrected chi connectivity index (χ1v) is 13.1. The number of aryl methyl sites for hydroxylation is 1. The summed E-state index contributed by atoms with van der Waals surface area (Å²) in [6.45, 7) is 1.91. The molecule has 5 aromatic rings. The Morgan fingerprint density at radius 1 is 0.806 bits per heavy atom. The average molecular weight is 510 g/mol. The molecule has 7 heteroatoms. The summed E-state index contributed by atoms with van der Waals surface area (Å²) in [4.78, 5) is 31.5. The van der Waals surface area contributed by atoms with E-state index >= 15 is 0 Å². The Kier molecular flexibility index (Phi) is 7.11. The van der Waals surface area contributed by atoms with E-state index in [9.17, 15) is 9.59 Å². The van der Waals surface area contributed by atoms with Gasteiger partial charge in [-0.15, -0.1) is 11.8 Å². The number of nitrogens with one attached hydrogen (secondary N) is 2. The molecule has 178 valence electrons. The number of hydrogen-bond acceptors (Lipinski definition) is 5. The molecule has 4 aromatic carbocycles. The maximum absolute atomic E-state index is 13.4. The SMILES string of the molecule is Cc1ccccc1C(=O)Nc1ccc(SC(C(=O)Nc2nc3ccccc3s2)c2ccccc2)cc1. The fourth-order valence-electron chi connectivity index (χ4n) is 3.78. The maximum atomic E-state index is 13.4. The predicted octanol–water partition coefficient (Wildman–Crippen LogP) is 7.33. The number of fused-ring (bicyclic) bond motifs is 1. The van der Waals surface area contributed by atoms with Gasteiger partial charge < -0.3 is 10.6 Å². The lowest BCUT2D eigenvalue weighted by Crippen LogP contribution is -2.18. The molecule has 0 aliphatic carbocycles. The summed E-state index contributed by atoms with van der Waals surface area (Å²) >= 11 is 2.91. The van der Waals surface area contributed by atoms with Gasteiger partial charge in [0.05, 0.1) is 10.2 Å². The van der Waals surface area contributed by atoms with Crippen molar-refractivity contribution in [3.8, 4) is 0 Å². The Morgan fingerprint density at radius 2 is 1.50 bits per heavy atom. The molecule has 2 amide bonds. The normalized spacial score (nSPS) is 11.7. The van der Waals surface area contributed by atoms with Gasteiger partial charge in [0.1, 0.15) is 5.25 Å². The molecular weight excluding hydrogens is 486 g/mol. The number of rotatable bonds is 7. The highest BCUT2D eigenvalue weighted by atomic mass is 32.2. The fourth-order valence-corrected chi connectivity index (χ4v) is 5.67. The van der Waals surface area contributed by atoms with Crippen LogP contribution in [0.5, 0.6) is 0 Å². The van der Waals surface area contributed by atoms with Gasteiger partial charge in [0.25, 0.3) is 5.91 Å². The molecule has 0 saturated carbocycles. The van der Waals surface area contributed by atoms with Gasteiger partial charge in [-0.25, -0.2) is 4.98 Å². The maximum Gasteiger partial charge on any atom is 0.255 e. The van der Waals surface area contributed by atoms with Crippen molar-refractivity contribution in [3.63, 3.8) is 0 Å². The van der Waals surface area contributed by atoms with E-state index in [1.54, 1.807) is 0 Å². The van der Waals surface area contributed by atoms with E-state index in [2.05, 4.69) is 15.6 Å². The number of benzene rings is 4. The van der Waals surface area contributed by atoms with Crippen molar-refractivity contribution in [2.45, 2.75) is 17.1 Å². The lowest BCUT2D eigenvalue weighted by Gasteiger charge is -2.16. The van der Waals surface area contributed by atoms with Crippen LogP contribution in [0, 0.1) is 6.92 Å². The number of anilines is 2. The molecule has 1 aromatic heterocycles. The number of aromatic nitrogens is 1. The van der Waals surface area contributed by atoms with E-state index in [1.165, 1.54) is 23.1 Å². The van der Waals surface area contributed by atoms with Gasteiger partial charge in [-0.05, 0) is 60.5 Å². The second-order valence-corrected chi connectivity index (χ2v) is 10.4. The summed E-state index contributed by atoms with van der Waals surface area (Å²) in [6.07, 6.45) is 0. The number of carbonyl (C=O) groups is 2. The van der Waals surface area contributed by atoms with Crippen LogP contribution in [0.3, 0.4) is 0 Å². The van der Waals surface area contributed by atoms with Crippen LogP contribution in [0.2, 0.25) is 0 Å². The molecule has 0 spiro atoms. The highest BCUT2D eigenvalue weighted by molar-refractivity contribution is 8.00. The largest absolute Gasteiger partial charge is 0.322 e. The van der Waals surface area contributed by atoms with Gasteiger partial charge in [-0.1, -0.05) is 72.0 Å². The minimum atomic E-state index is -0.467. The number of thioether (sulfide) groups is 1. The summed E-state index contributed by atoms with van der Waals surface area (Å²) in [7, 11) is 0. The molecule has 1 heterocycles. The van der Waals surface area contributed by atoms with Gasteiger partial charge in [0.2, 0.25) is 5.91 Å². The van der Waals surface area contributed by atoms with Crippen molar-refractivity contribution in [2.75, 3.05) is 10.6 Å². The second kappa shape index (κ2) is 10.8. The van der Waals surface area contributed by atoms with Crippen LogP contribution in [0.4, 0.5) is 10.8 Å². The molecule has 1 unspecified atom stereocenters. The van der Waals surface area contributed by atoms with Crippen LogP contribution in [-0.2, 0) is 4.79 Å². The van der Waals surface area contributed by atoms with Crippen molar-refractivity contribution >= 4 is 55.9 Å². The molecule has 1 atom stereocenters. The van der Waals surface area contributed by atoms with Crippen LogP contribution in [0.25, 0.3) is 10.2 Å². The van der Waals surface area contributed by atoms with Gasteiger partial charge in [-0.2, -0.15) is 0 Å². The third kappa shape index (κ3) is 5.48. The molecule has 0 fully saturated rings. The molecule has 36 heavy (non-hydrogen) atoms. The van der Waals surface area contributed by atoms with Crippen LogP contribution in [0.1, 0.15) is 26.7 Å². The fraction of sp³-hybridized carbons (Fsp3) is 0.0690. The van der Waals surface area contributed by atoms with E-state index in [-0.39, 0.29) is 11.8 Å². The van der Waals surface area contributed by atoms with Crippen molar-refractivity contribution < 1.29 is 9.59 Å². The first-order valence-electron chi connectivity index (χ1n) is 11.4. The monoisotopic (exact) mass is 509 g/mol. The Morgan fingerprint density at radius 3 is 2.25 bits per heavy atom. The van der Waals surface area contributed by atoms with Crippen LogP contribution < -0.4 is 10.6 Å². The summed E-state index contributed by atoms with van der Waals surface area (Å²) in [5.74, 6) is -0.284. The summed E-state index contributed by atoms with van der Waals surface area (Å²) in [5, 5.41) is 6.06.